The summed E-state index contributed by atoms with van der Waals surface area (Å²) in [6.45, 7) is 4.11. The summed E-state index contributed by atoms with van der Waals surface area (Å²) >= 11 is 0. The van der Waals surface area contributed by atoms with E-state index in [4.69, 9.17) is 14.1 Å². The van der Waals surface area contributed by atoms with Gasteiger partial charge in [-0.1, -0.05) is 35.4 Å². The van der Waals surface area contributed by atoms with Crippen LogP contribution in [0.15, 0.2) is 40.9 Å². The molecule has 1 aromatic carbocycles. The van der Waals surface area contributed by atoms with Crippen LogP contribution in [0.4, 0.5) is 6.01 Å². The zero-order chi connectivity index (χ0) is 18.3. The number of hydrogen-bond donors (Lipinski definition) is 0. The molecule has 1 fully saturated rings. The number of piperidine rings is 1. The topological polar surface area (TPSA) is 77.2 Å². The molecule has 1 saturated heterocycles. The second-order valence-corrected chi connectivity index (χ2v) is 7.12. The van der Waals surface area contributed by atoms with Crippen LogP contribution in [0.5, 0.6) is 0 Å². The Morgan fingerprint density at radius 3 is 2.63 bits per heavy atom. The minimum atomic E-state index is -0.356. The first-order valence-corrected chi connectivity index (χ1v) is 9.34. The van der Waals surface area contributed by atoms with Crippen molar-refractivity contribution in [2.24, 2.45) is 0 Å². The van der Waals surface area contributed by atoms with E-state index in [0.29, 0.717) is 18.5 Å². The van der Waals surface area contributed by atoms with Crippen LogP contribution in [-0.2, 0) is 16.8 Å². The van der Waals surface area contributed by atoms with Crippen molar-refractivity contribution in [2.75, 3.05) is 24.6 Å². The molecule has 0 atom stereocenters. The maximum absolute atomic E-state index is 6.33. The van der Waals surface area contributed by atoms with E-state index >= 15 is 0 Å². The molecule has 0 unspecified atom stereocenters. The Hall–Kier alpha value is -2.80. The number of benzene rings is 1. The first-order valence-electron chi connectivity index (χ1n) is 9.34. The molecule has 0 amide bonds. The van der Waals surface area contributed by atoms with Crippen molar-refractivity contribution in [3.63, 3.8) is 0 Å². The summed E-state index contributed by atoms with van der Waals surface area (Å²) in [7, 11) is 0. The van der Waals surface area contributed by atoms with Crippen molar-refractivity contribution in [1.82, 2.24) is 20.2 Å². The molecule has 2 aliphatic rings. The predicted molar refractivity (Wildman–Crippen MR) is 99.3 cm³/mol. The van der Waals surface area contributed by atoms with Crippen LogP contribution in [0.1, 0.15) is 30.0 Å². The van der Waals surface area contributed by atoms with Crippen molar-refractivity contribution in [1.29, 1.82) is 0 Å². The highest BCUT2D eigenvalue weighted by atomic mass is 16.5. The monoisotopic (exact) mass is 363 g/mol. The molecule has 0 aliphatic carbocycles. The van der Waals surface area contributed by atoms with Gasteiger partial charge in [0.15, 0.2) is 5.82 Å². The lowest BCUT2D eigenvalue weighted by molar-refractivity contribution is -0.0804. The lowest BCUT2D eigenvalue weighted by Crippen LogP contribution is -2.47. The highest BCUT2D eigenvalue weighted by molar-refractivity contribution is 5.55. The number of aryl methyl sites for hydroxylation is 1. The molecule has 138 valence electrons. The summed E-state index contributed by atoms with van der Waals surface area (Å²) in [5, 5.41) is 8.08. The number of fused-ring (bicyclic) bond motifs is 2. The lowest BCUT2D eigenvalue weighted by Gasteiger charge is -2.43. The Bertz CT molecular complexity index is 948. The molecule has 7 heteroatoms. The average Bonchev–Trinajstić information content (AvgIpc) is 3.16. The van der Waals surface area contributed by atoms with Crippen LogP contribution in [-0.4, -0.2) is 39.9 Å². The van der Waals surface area contributed by atoms with Crippen LogP contribution in [0.25, 0.3) is 11.4 Å². The Morgan fingerprint density at radius 1 is 1.07 bits per heavy atom. The smallest absolute Gasteiger partial charge is 0.318 e. The maximum atomic E-state index is 6.33. The van der Waals surface area contributed by atoms with Crippen LogP contribution >= 0.6 is 0 Å². The summed E-state index contributed by atoms with van der Waals surface area (Å²) in [6, 6.07) is 10.7. The van der Waals surface area contributed by atoms with Gasteiger partial charge < -0.3 is 14.1 Å². The summed E-state index contributed by atoms with van der Waals surface area (Å²) in [5.41, 5.74) is 2.91. The number of anilines is 1. The van der Waals surface area contributed by atoms with E-state index in [1.807, 2.05) is 43.5 Å². The van der Waals surface area contributed by atoms with Gasteiger partial charge in [0, 0.05) is 31.8 Å². The number of aromatic nitrogens is 4. The van der Waals surface area contributed by atoms with E-state index < -0.39 is 0 Å². The van der Waals surface area contributed by atoms with E-state index in [1.54, 1.807) is 0 Å². The van der Waals surface area contributed by atoms with Crippen LogP contribution in [0.3, 0.4) is 0 Å². The third-order valence-corrected chi connectivity index (χ3v) is 5.43. The van der Waals surface area contributed by atoms with Gasteiger partial charge in [-0.3, -0.25) is 0 Å². The second kappa shape index (κ2) is 6.42. The van der Waals surface area contributed by atoms with Gasteiger partial charge >= 0.3 is 6.01 Å². The third kappa shape index (κ3) is 2.88. The van der Waals surface area contributed by atoms with Gasteiger partial charge in [0.2, 0.25) is 5.89 Å². The number of rotatable bonds is 2. The van der Waals surface area contributed by atoms with Crippen LogP contribution in [0.2, 0.25) is 0 Å². The highest BCUT2D eigenvalue weighted by Gasteiger charge is 2.43. The molecule has 1 spiro atoms. The molecule has 5 rings (SSSR count). The normalized spacial score (nSPS) is 18.5. The number of ether oxygens (including phenoxy) is 1. The number of nitrogens with zero attached hydrogens (tertiary/aromatic N) is 5. The Labute approximate surface area is 157 Å². The zero-order valence-electron chi connectivity index (χ0n) is 15.3. The zero-order valence-corrected chi connectivity index (χ0v) is 15.3. The van der Waals surface area contributed by atoms with E-state index in [0.717, 1.165) is 49.4 Å². The molecule has 2 aliphatic heterocycles. The van der Waals surface area contributed by atoms with Gasteiger partial charge in [-0.15, -0.1) is 5.10 Å². The summed E-state index contributed by atoms with van der Waals surface area (Å²) < 4.78 is 11.9. The predicted octanol–water partition coefficient (Wildman–Crippen LogP) is 2.90. The van der Waals surface area contributed by atoms with Gasteiger partial charge in [-0.25, -0.2) is 9.97 Å². The molecule has 0 N–H and O–H groups in total. The molecule has 27 heavy (non-hydrogen) atoms. The largest absolute Gasteiger partial charge is 0.408 e. The Balaban J connectivity index is 1.45. The fourth-order valence-corrected chi connectivity index (χ4v) is 3.99. The molecular weight excluding hydrogens is 342 g/mol. The fraction of sp³-hybridized carbons (Fsp3) is 0.400. The highest BCUT2D eigenvalue weighted by Crippen LogP contribution is 2.41. The standard InChI is InChI=1S/C20H21N5O2/c1-14-23-24-19(27-14)25-10-8-20(9-11-25)17-16(7-12-26-20)13-21-18(22-17)15-5-3-2-4-6-15/h2-6,13H,7-12H2,1H3. The van der Waals surface area contributed by atoms with Crippen molar-refractivity contribution in [3.8, 4) is 11.4 Å². The minimum Gasteiger partial charge on any atom is -0.408 e. The van der Waals surface area contributed by atoms with Gasteiger partial charge in [0.25, 0.3) is 0 Å². The SMILES string of the molecule is Cc1nnc(N2CCC3(CC2)OCCc2cnc(-c4ccccc4)nc23)o1. The van der Waals surface area contributed by atoms with Crippen molar-refractivity contribution in [2.45, 2.75) is 31.8 Å². The summed E-state index contributed by atoms with van der Waals surface area (Å²) in [5.74, 6) is 1.35. The van der Waals surface area contributed by atoms with Crippen molar-refractivity contribution in [3.05, 3.63) is 53.7 Å². The number of hydrogen-bond acceptors (Lipinski definition) is 7. The summed E-state index contributed by atoms with van der Waals surface area (Å²) in [6.07, 6.45) is 4.51. The first-order chi connectivity index (χ1) is 13.2. The van der Waals surface area contributed by atoms with E-state index in [-0.39, 0.29) is 5.60 Å². The molecule has 0 bridgehead atoms. The van der Waals surface area contributed by atoms with Crippen LogP contribution in [0, 0.1) is 6.92 Å². The molecule has 0 saturated carbocycles. The Kier molecular flexibility index (Phi) is 3.89. The minimum absolute atomic E-state index is 0.356. The quantitative estimate of drug-likeness (QED) is 0.693. The average molecular weight is 363 g/mol. The fourth-order valence-electron chi connectivity index (χ4n) is 3.99. The van der Waals surface area contributed by atoms with Gasteiger partial charge in [-0.2, -0.15) is 0 Å². The van der Waals surface area contributed by atoms with Crippen molar-refractivity contribution < 1.29 is 9.15 Å². The van der Waals surface area contributed by atoms with Gasteiger partial charge in [0.05, 0.1) is 12.3 Å². The van der Waals surface area contributed by atoms with Crippen LogP contribution < -0.4 is 4.90 Å². The molecule has 7 nitrogen and oxygen atoms in total. The van der Waals surface area contributed by atoms with E-state index in [2.05, 4.69) is 20.1 Å². The van der Waals surface area contributed by atoms with E-state index in [1.165, 1.54) is 5.56 Å². The molecule has 0 radical (unpaired) electrons. The molecule has 4 heterocycles. The third-order valence-electron chi connectivity index (χ3n) is 5.43. The van der Waals surface area contributed by atoms with Gasteiger partial charge in [-0.05, 0) is 24.8 Å². The van der Waals surface area contributed by atoms with Crippen molar-refractivity contribution >= 4 is 6.01 Å². The maximum Gasteiger partial charge on any atom is 0.318 e. The summed E-state index contributed by atoms with van der Waals surface area (Å²) in [4.78, 5) is 11.7. The molecular formula is C20H21N5O2. The first kappa shape index (κ1) is 16.4. The lowest BCUT2D eigenvalue weighted by atomic mass is 9.83. The molecule has 3 aromatic rings. The Morgan fingerprint density at radius 2 is 1.89 bits per heavy atom. The molecule has 2 aromatic heterocycles. The van der Waals surface area contributed by atoms with E-state index in [9.17, 15) is 0 Å². The van der Waals surface area contributed by atoms with Gasteiger partial charge in [0.1, 0.15) is 5.60 Å². The second-order valence-electron chi connectivity index (χ2n) is 7.12.